The first kappa shape index (κ1) is 7.97. The Morgan fingerprint density at radius 3 is 2.80 bits per heavy atom. The van der Waals surface area contributed by atoms with Gasteiger partial charge in [-0.25, -0.2) is 4.98 Å². The molecule has 1 aromatic heterocycles. The Labute approximate surface area is 75.7 Å². The number of anilines is 1. The van der Waals surface area contributed by atoms with Crippen molar-refractivity contribution in [2.24, 2.45) is 0 Å². The van der Waals surface area contributed by atoms with Crippen LogP contribution in [-0.4, -0.2) is 9.97 Å². The van der Waals surface area contributed by atoms with Crippen molar-refractivity contribution in [3.63, 3.8) is 0 Å². The van der Waals surface area contributed by atoms with E-state index in [4.69, 9.17) is 29.6 Å². The maximum Gasteiger partial charge on any atom is 0.199 e. The number of hydrogen-bond acceptors (Lipinski definition) is 3. The SMILES string of the molecule is Nc1nc(=S)[nH]c(Cl)c1Br. The molecule has 0 spiro atoms. The van der Waals surface area contributed by atoms with Gasteiger partial charge in [0.15, 0.2) is 4.77 Å². The Bertz CT molecular complexity index is 284. The van der Waals surface area contributed by atoms with Gasteiger partial charge >= 0.3 is 0 Å². The highest BCUT2D eigenvalue weighted by atomic mass is 79.9. The Kier molecular flexibility index (Phi) is 2.28. The maximum atomic E-state index is 5.63. The number of nitrogens with one attached hydrogen (secondary N) is 1. The molecule has 1 rings (SSSR count). The molecule has 0 aliphatic carbocycles. The third-order valence-corrected chi connectivity index (χ3v) is 2.36. The molecule has 10 heavy (non-hydrogen) atoms. The third kappa shape index (κ3) is 1.47. The number of nitrogen functional groups attached to an aromatic ring is 1. The first-order valence-electron chi connectivity index (χ1n) is 2.32. The zero-order valence-electron chi connectivity index (χ0n) is 4.69. The molecule has 6 heteroatoms. The van der Waals surface area contributed by atoms with Crippen LogP contribution < -0.4 is 5.73 Å². The van der Waals surface area contributed by atoms with E-state index in [2.05, 4.69) is 25.9 Å². The standard InChI is InChI=1S/C4H3BrClN3S/c5-1-2(6)8-4(10)9-3(1)7/h(H3,7,8,9,10). The van der Waals surface area contributed by atoms with Gasteiger partial charge in [-0.15, -0.1) is 0 Å². The lowest BCUT2D eigenvalue weighted by molar-refractivity contribution is 1.13. The van der Waals surface area contributed by atoms with E-state index in [1.54, 1.807) is 0 Å². The Morgan fingerprint density at radius 1 is 1.70 bits per heavy atom. The number of nitrogens with two attached hydrogens (primary N) is 1. The minimum Gasteiger partial charge on any atom is -0.383 e. The van der Waals surface area contributed by atoms with Gasteiger partial charge in [-0.05, 0) is 28.1 Å². The second-order valence-electron chi connectivity index (χ2n) is 1.56. The van der Waals surface area contributed by atoms with Gasteiger partial charge in [-0.3, -0.25) is 0 Å². The van der Waals surface area contributed by atoms with E-state index in [0.29, 0.717) is 15.4 Å². The Hall–Kier alpha value is -0.130. The van der Waals surface area contributed by atoms with E-state index in [9.17, 15) is 0 Å². The molecule has 3 nitrogen and oxygen atoms in total. The third-order valence-electron chi connectivity index (χ3n) is 0.856. The topological polar surface area (TPSA) is 54.7 Å². The molecule has 0 saturated heterocycles. The lowest BCUT2D eigenvalue weighted by Gasteiger charge is -1.97. The van der Waals surface area contributed by atoms with Crippen LogP contribution in [0.1, 0.15) is 0 Å². The molecular formula is C4H3BrClN3S. The van der Waals surface area contributed by atoms with Crippen LogP contribution in [0.15, 0.2) is 4.47 Å². The van der Waals surface area contributed by atoms with Crippen molar-refractivity contribution in [2.45, 2.75) is 0 Å². The first-order valence-corrected chi connectivity index (χ1v) is 3.90. The number of H-pyrrole nitrogens is 1. The van der Waals surface area contributed by atoms with Crippen molar-refractivity contribution < 1.29 is 0 Å². The number of rotatable bonds is 0. The molecular weight excluding hydrogens is 237 g/mol. The van der Waals surface area contributed by atoms with E-state index in [1.165, 1.54) is 0 Å². The molecule has 0 amide bonds. The summed E-state index contributed by atoms with van der Waals surface area (Å²) < 4.78 is 0.827. The quantitative estimate of drug-likeness (QED) is 0.540. The summed E-state index contributed by atoms with van der Waals surface area (Å²) in [4.78, 5) is 6.36. The van der Waals surface area contributed by atoms with Gasteiger partial charge in [0.1, 0.15) is 11.0 Å². The van der Waals surface area contributed by atoms with E-state index in [-0.39, 0.29) is 4.77 Å². The lowest BCUT2D eigenvalue weighted by Crippen LogP contribution is -1.94. The molecule has 0 fully saturated rings. The first-order chi connectivity index (χ1) is 4.61. The van der Waals surface area contributed by atoms with Crippen molar-refractivity contribution >= 4 is 45.6 Å². The average molecular weight is 241 g/mol. The Morgan fingerprint density at radius 2 is 2.30 bits per heavy atom. The fourth-order valence-electron chi connectivity index (χ4n) is 0.448. The van der Waals surface area contributed by atoms with Crippen LogP contribution in [0.3, 0.4) is 0 Å². The Balaban J connectivity index is 3.46. The zero-order chi connectivity index (χ0) is 7.72. The normalized spacial score (nSPS) is 9.80. The second-order valence-corrected chi connectivity index (χ2v) is 3.11. The molecule has 1 aromatic rings. The molecule has 0 aliphatic heterocycles. The minimum atomic E-state index is 0.283. The number of aromatic nitrogens is 2. The predicted molar refractivity (Wildman–Crippen MR) is 46.5 cm³/mol. The van der Waals surface area contributed by atoms with Crippen LogP contribution in [0.5, 0.6) is 0 Å². The van der Waals surface area contributed by atoms with Crippen LogP contribution in [0, 0.1) is 4.77 Å². The summed E-state index contributed by atoms with van der Waals surface area (Å²) in [5, 5.41) is 0.373. The fraction of sp³-hybridized carbons (Fsp3) is 0. The van der Waals surface area contributed by atoms with Crippen LogP contribution in [0.4, 0.5) is 5.82 Å². The summed E-state index contributed by atoms with van der Waals surface area (Å²) in [6.45, 7) is 0. The van der Waals surface area contributed by atoms with Gasteiger partial charge in [-0.2, -0.15) is 0 Å². The van der Waals surface area contributed by atoms with E-state index >= 15 is 0 Å². The van der Waals surface area contributed by atoms with Crippen LogP contribution in [0.2, 0.25) is 5.15 Å². The predicted octanol–water partition coefficient (Wildman–Crippen LogP) is 2.14. The van der Waals surface area contributed by atoms with Gasteiger partial charge in [0.25, 0.3) is 0 Å². The summed E-state index contributed by atoms with van der Waals surface area (Å²) in [6.07, 6.45) is 0. The van der Waals surface area contributed by atoms with Crippen molar-refractivity contribution in [1.82, 2.24) is 9.97 Å². The summed E-state index contributed by atoms with van der Waals surface area (Å²) in [5.74, 6) is 0.300. The second kappa shape index (κ2) is 2.86. The van der Waals surface area contributed by atoms with E-state index < -0.39 is 0 Å². The van der Waals surface area contributed by atoms with Gasteiger partial charge in [0.05, 0.1) is 4.47 Å². The highest BCUT2D eigenvalue weighted by Crippen LogP contribution is 2.23. The summed E-state index contributed by atoms with van der Waals surface area (Å²) >= 11 is 13.4. The molecule has 0 unspecified atom stereocenters. The zero-order valence-corrected chi connectivity index (χ0v) is 7.85. The molecule has 0 aliphatic rings. The molecule has 0 radical (unpaired) electrons. The van der Waals surface area contributed by atoms with Crippen LogP contribution in [-0.2, 0) is 0 Å². The molecule has 0 aromatic carbocycles. The average Bonchev–Trinajstić information content (AvgIpc) is 1.82. The maximum absolute atomic E-state index is 5.63. The van der Waals surface area contributed by atoms with Gasteiger partial charge in [0, 0.05) is 0 Å². The largest absolute Gasteiger partial charge is 0.383 e. The van der Waals surface area contributed by atoms with Gasteiger partial charge < -0.3 is 10.7 Å². The summed E-state index contributed by atoms with van der Waals surface area (Å²) in [5.41, 5.74) is 5.39. The number of aromatic amines is 1. The smallest absolute Gasteiger partial charge is 0.199 e. The summed E-state index contributed by atoms with van der Waals surface area (Å²) in [7, 11) is 0. The molecule has 0 atom stereocenters. The lowest BCUT2D eigenvalue weighted by atomic mass is 10.6. The highest BCUT2D eigenvalue weighted by molar-refractivity contribution is 9.10. The van der Waals surface area contributed by atoms with Crippen LogP contribution >= 0.6 is 39.7 Å². The van der Waals surface area contributed by atoms with Crippen LogP contribution in [0.25, 0.3) is 0 Å². The van der Waals surface area contributed by atoms with Crippen molar-refractivity contribution in [2.75, 3.05) is 5.73 Å². The van der Waals surface area contributed by atoms with E-state index in [0.717, 1.165) is 0 Å². The van der Waals surface area contributed by atoms with E-state index in [1.807, 2.05) is 0 Å². The summed E-state index contributed by atoms with van der Waals surface area (Å²) in [6, 6.07) is 0. The molecule has 0 saturated carbocycles. The van der Waals surface area contributed by atoms with Gasteiger partial charge in [0.2, 0.25) is 0 Å². The van der Waals surface area contributed by atoms with Crippen molar-refractivity contribution in [3.8, 4) is 0 Å². The number of hydrogen-bond donors (Lipinski definition) is 2. The van der Waals surface area contributed by atoms with Crippen molar-refractivity contribution in [1.29, 1.82) is 0 Å². The van der Waals surface area contributed by atoms with Gasteiger partial charge in [-0.1, -0.05) is 11.6 Å². The number of nitrogens with zero attached hydrogens (tertiary/aromatic N) is 1. The monoisotopic (exact) mass is 239 g/mol. The number of halogens is 2. The highest BCUT2D eigenvalue weighted by Gasteiger charge is 2.01. The fourth-order valence-corrected chi connectivity index (χ4v) is 1.08. The molecule has 0 bridgehead atoms. The molecule has 54 valence electrons. The van der Waals surface area contributed by atoms with Crippen molar-refractivity contribution in [3.05, 3.63) is 14.4 Å². The molecule has 1 heterocycles. The molecule has 3 N–H and O–H groups in total. The minimum absolute atomic E-state index is 0.283.